The predicted octanol–water partition coefficient (Wildman–Crippen LogP) is 2.33. The van der Waals surface area contributed by atoms with Crippen molar-refractivity contribution in [1.29, 1.82) is 0 Å². The van der Waals surface area contributed by atoms with Crippen LogP contribution in [0.1, 0.15) is 5.56 Å². The lowest BCUT2D eigenvalue weighted by molar-refractivity contribution is 0.185. The third-order valence-electron chi connectivity index (χ3n) is 2.51. The molecule has 2 aromatic rings. The number of benzene rings is 1. The molecule has 106 valence electrons. The average molecular weight is 297 g/mol. The van der Waals surface area contributed by atoms with Crippen LogP contribution >= 0.6 is 0 Å². The van der Waals surface area contributed by atoms with Crippen molar-refractivity contribution in [2.24, 2.45) is 11.4 Å². The number of halogens is 1. The van der Waals surface area contributed by atoms with Crippen LogP contribution in [0.4, 0.5) is 10.1 Å². The molecular formula is C12H12FN3O3S. The Morgan fingerprint density at radius 2 is 2.25 bits per heavy atom. The summed E-state index contributed by atoms with van der Waals surface area (Å²) in [5.74, 6) is 0.710. The van der Waals surface area contributed by atoms with Gasteiger partial charge in [-0.1, -0.05) is 6.07 Å². The molecule has 0 saturated carbocycles. The van der Waals surface area contributed by atoms with Gasteiger partial charge < -0.3 is 9.47 Å². The van der Waals surface area contributed by atoms with Crippen LogP contribution in [0.15, 0.2) is 34.8 Å². The van der Waals surface area contributed by atoms with Crippen LogP contribution in [0.2, 0.25) is 0 Å². The molecular weight excluding hydrogens is 285 g/mol. The summed E-state index contributed by atoms with van der Waals surface area (Å²) in [6.45, 7) is -0.892. The quantitative estimate of drug-likeness (QED) is 0.821. The Morgan fingerprint density at radius 3 is 2.90 bits per heavy atom. The fourth-order valence-corrected chi connectivity index (χ4v) is 1.89. The monoisotopic (exact) mass is 297 g/mol. The molecule has 1 heterocycles. The number of aromatic nitrogens is 2. The third-order valence-corrected chi connectivity index (χ3v) is 2.78. The van der Waals surface area contributed by atoms with Crippen molar-refractivity contribution in [3.05, 3.63) is 36.0 Å². The Hall–Kier alpha value is -2.22. The molecule has 0 aliphatic carbocycles. The SMILES string of the molecule is Cn1ccc(OCc2c(N=S=O)cccc2OCF)n1. The minimum atomic E-state index is -0.968. The van der Waals surface area contributed by atoms with Gasteiger partial charge in [0.2, 0.25) is 24.2 Å². The third kappa shape index (κ3) is 3.41. The van der Waals surface area contributed by atoms with E-state index in [1.54, 1.807) is 42.2 Å². The van der Waals surface area contributed by atoms with E-state index in [1.165, 1.54) is 0 Å². The summed E-state index contributed by atoms with van der Waals surface area (Å²) in [4.78, 5) is 0. The second-order valence-electron chi connectivity index (χ2n) is 3.79. The summed E-state index contributed by atoms with van der Waals surface area (Å²) in [5.41, 5.74) is 0.894. The molecule has 0 fully saturated rings. The van der Waals surface area contributed by atoms with Gasteiger partial charge in [0.15, 0.2) is 0 Å². The minimum Gasteiger partial charge on any atom is -0.472 e. The summed E-state index contributed by atoms with van der Waals surface area (Å²) in [5, 5.41) is 4.06. The number of aryl methyl sites for hydroxylation is 1. The van der Waals surface area contributed by atoms with E-state index in [1.807, 2.05) is 0 Å². The van der Waals surface area contributed by atoms with E-state index in [-0.39, 0.29) is 18.1 Å². The number of rotatable bonds is 6. The Balaban J connectivity index is 2.24. The first-order valence-electron chi connectivity index (χ1n) is 5.67. The van der Waals surface area contributed by atoms with Gasteiger partial charge in [-0.05, 0) is 12.1 Å². The maximum absolute atomic E-state index is 12.4. The highest BCUT2D eigenvalue weighted by molar-refractivity contribution is 7.54. The van der Waals surface area contributed by atoms with Crippen LogP contribution in [0.5, 0.6) is 11.6 Å². The zero-order valence-corrected chi connectivity index (χ0v) is 11.5. The van der Waals surface area contributed by atoms with E-state index in [0.29, 0.717) is 22.9 Å². The molecule has 0 spiro atoms. The fraction of sp³-hybridized carbons (Fsp3) is 0.250. The van der Waals surface area contributed by atoms with Gasteiger partial charge in [0.25, 0.3) is 0 Å². The maximum Gasteiger partial charge on any atom is 0.233 e. The van der Waals surface area contributed by atoms with Gasteiger partial charge >= 0.3 is 0 Å². The van der Waals surface area contributed by atoms with Gasteiger partial charge in [-0.2, -0.15) is 8.57 Å². The molecule has 6 nitrogen and oxygen atoms in total. The van der Waals surface area contributed by atoms with Crippen molar-refractivity contribution < 1.29 is 18.1 Å². The molecule has 0 bridgehead atoms. The van der Waals surface area contributed by atoms with Crippen LogP contribution in [-0.4, -0.2) is 20.9 Å². The fourth-order valence-electron chi connectivity index (χ4n) is 1.64. The molecule has 0 radical (unpaired) electrons. The number of alkyl halides is 1. The number of nitrogens with zero attached hydrogens (tertiary/aromatic N) is 3. The van der Waals surface area contributed by atoms with Crippen LogP contribution in [-0.2, 0) is 25.1 Å². The molecule has 0 aliphatic heterocycles. The summed E-state index contributed by atoms with van der Waals surface area (Å²) >= 11 is 0.0719. The lowest BCUT2D eigenvalue weighted by atomic mass is 10.1. The van der Waals surface area contributed by atoms with E-state index < -0.39 is 6.86 Å². The summed E-state index contributed by atoms with van der Waals surface area (Å²) in [7, 11) is 1.77. The molecule has 0 aliphatic rings. The van der Waals surface area contributed by atoms with Crippen molar-refractivity contribution in [1.82, 2.24) is 9.78 Å². The average Bonchev–Trinajstić information content (AvgIpc) is 2.84. The van der Waals surface area contributed by atoms with Gasteiger partial charge in [0.1, 0.15) is 12.4 Å². The first-order chi connectivity index (χ1) is 9.74. The van der Waals surface area contributed by atoms with Gasteiger partial charge in [-0.15, -0.1) is 5.10 Å². The molecule has 0 unspecified atom stereocenters. The van der Waals surface area contributed by atoms with E-state index >= 15 is 0 Å². The van der Waals surface area contributed by atoms with Gasteiger partial charge in [-0.3, -0.25) is 4.68 Å². The number of ether oxygens (including phenoxy) is 2. The lowest BCUT2D eigenvalue weighted by Crippen LogP contribution is -2.01. The molecule has 0 N–H and O–H groups in total. The number of hydrogen-bond donors (Lipinski definition) is 0. The molecule has 0 amide bonds. The van der Waals surface area contributed by atoms with Crippen molar-refractivity contribution in [3.8, 4) is 11.6 Å². The van der Waals surface area contributed by atoms with E-state index in [0.717, 1.165) is 0 Å². The van der Waals surface area contributed by atoms with Gasteiger partial charge in [-0.25, -0.2) is 4.39 Å². The van der Waals surface area contributed by atoms with Crippen molar-refractivity contribution in [2.75, 3.05) is 6.86 Å². The normalized spacial score (nSPS) is 10.1. The van der Waals surface area contributed by atoms with Crippen molar-refractivity contribution in [2.45, 2.75) is 6.61 Å². The second-order valence-corrected chi connectivity index (χ2v) is 4.12. The zero-order valence-electron chi connectivity index (χ0n) is 10.7. The van der Waals surface area contributed by atoms with E-state index in [4.69, 9.17) is 9.47 Å². The summed E-state index contributed by atoms with van der Waals surface area (Å²) in [6.07, 6.45) is 1.73. The van der Waals surface area contributed by atoms with Gasteiger partial charge in [0.05, 0.1) is 11.3 Å². The van der Waals surface area contributed by atoms with E-state index in [9.17, 15) is 8.60 Å². The highest BCUT2D eigenvalue weighted by Gasteiger charge is 2.11. The Bertz CT molecular complexity index is 641. The first kappa shape index (κ1) is 14.2. The van der Waals surface area contributed by atoms with Crippen LogP contribution in [0, 0.1) is 0 Å². The molecule has 0 saturated heterocycles. The van der Waals surface area contributed by atoms with E-state index in [2.05, 4.69) is 9.46 Å². The molecule has 1 aromatic carbocycles. The molecule has 20 heavy (non-hydrogen) atoms. The highest BCUT2D eigenvalue weighted by atomic mass is 32.1. The Kier molecular flexibility index (Phi) is 4.83. The zero-order chi connectivity index (χ0) is 14.4. The summed E-state index contributed by atoms with van der Waals surface area (Å²) in [6, 6.07) is 6.54. The topological polar surface area (TPSA) is 65.7 Å². The lowest BCUT2D eigenvalue weighted by Gasteiger charge is -2.11. The van der Waals surface area contributed by atoms with Crippen LogP contribution in [0.3, 0.4) is 0 Å². The molecule has 2 rings (SSSR count). The second kappa shape index (κ2) is 6.80. The smallest absolute Gasteiger partial charge is 0.233 e. The van der Waals surface area contributed by atoms with Gasteiger partial charge in [0, 0.05) is 19.3 Å². The maximum atomic E-state index is 12.4. The Labute approximate surface area is 118 Å². The predicted molar refractivity (Wildman–Crippen MR) is 70.8 cm³/mol. The minimum absolute atomic E-state index is 0.0719. The largest absolute Gasteiger partial charge is 0.472 e. The molecule has 0 atom stereocenters. The molecule has 1 aromatic heterocycles. The van der Waals surface area contributed by atoms with Crippen molar-refractivity contribution >= 4 is 17.2 Å². The standard InChI is InChI=1S/C12H12FN3O3S/c1-16-6-5-12(14-16)18-7-9-10(15-20-17)3-2-4-11(9)19-8-13/h2-6H,7-8H2,1H3. The first-order valence-corrected chi connectivity index (χ1v) is 6.37. The van der Waals surface area contributed by atoms with Crippen LogP contribution in [0.25, 0.3) is 0 Å². The Morgan fingerprint density at radius 1 is 1.40 bits per heavy atom. The molecule has 8 heteroatoms. The highest BCUT2D eigenvalue weighted by Crippen LogP contribution is 2.30. The van der Waals surface area contributed by atoms with Crippen LogP contribution < -0.4 is 9.47 Å². The van der Waals surface area contributed by atoms with Crippen molar-refractivity contribution in [3.63, 3.8) is 0 Å². The summed E-state index contributed by atoms with van der Waals surface area (Å²) < 4.78 is 38.6. The number of hydrogen-bond acceptors (Lipinski definition) is 5.